The second-order valence-corrected chi connectivity index (χ2v) is 4.39. The first-order valence-electron chi connectivity index (χ1n) is 6.28. The molecule has 0 saturated heterocycles. The Labute approximate surface area is 126 Å². The molecule has 0 fully saturated rings. The van der Waals surface area contributed by atoms with E-state index in [9.17, 15) is 4.39 Å². The lowest BCUT2D eigenvalue weighted by Crippen LogP contribution is -2.26. The maximum absolute atomic E-state index is 13.4. The lowest BCUT2D eigenvalue weighted by atomic mass is 10.3. The topological polar surface area (TPSA) is 130 Å². The number of nitrogens with zero attached hydrogens (tertiary/aromatic N) is 4. The van der Waals surface area contributed by atoms with Crippen molar-refractivity contribution in [2.45, 2.75) is 6.61 Å². The smallest absolute Gasteiger partial charge is 0.223 e. The van der Waals surface area contributed by atoms with Crippen molar-refractivity contribution in [2.75, 3.05) is 0 Å². The van der Waals surface area contributed by atoms with Crippen LogP contribution >= 0.6 is 0 Å². The van der Waals surface area contributed by atoms with Crippen molar-refractivity contribution in [1.82, 2.24) is 9.78 Å². The van der Waals surface area contributed by atoms with Crippen molar-refractivity contribution in [1.29, 1.82) is 0 Å². The number of hydrogen-bond donors (Lipinski definition) is 3. The fraction of sp³-hybridized carbons (Fsp3) is 0.154. The van der Waals surface area contributed by atoms with Crippen molar-refractivity contribution >= 4 is 17.6 Å². The zero-order valence-electron chi connectivity index (χ0n) is 11.9. The number of aliphatic imine (C=N–C) groups is 2. The van der Waals surface area contributed by atoms with Crippen LogP contribution in [-0.4, -0.2) is 21.7 Å². The van der Waals surface area contributed by atoms with E-state index in [-0.39, 0.29) is 24.2 Å². The van der Waals surface area contributed by atoms with E-state index in [0.29, 0.717) is 5.75 Å². The number of benzene rings is 1. The molecule has 0 bridgehead atoms. The number of ether oxygens (including phenoxy) is 1. The Morgan fingerprint density at radius 2 is 2.09 bits per heavy atom. The Morgan fingerprint density at radius 3 is 2.73 bits per heavy atom. The molecule has 0 saturated carbocycles. The van der Waals surface area contributed by atoms with Gasteiger partial charge in [-0.3, -0.25) is 4.68 Å². The van der Waals surface area contributed by atoms with E-state index in [2.05, 4.69) is 15.1 Å². The van der Waals surface area contributed by atoms with Crippen molar-refractivity contribution in [3.8, 4) is 5.75 Å². The van der Waals surface area contributed by atoms with E-state index >= 15 is 0 Å². The molecule has 0 aliphatic heterocycles. The van der Waals surface area contributed by atoms with Crippen molar-refractivity contribution in [3.05, 3.63) is 42.0 Å². The van der Waals surface area contributed by atoms with Crippen LogP contribution in [0.3, 0.4) is 0 Å². The third kappa shape index (κ3) is 4.20. The molecule has 0 amide bonds. The predicted molar refractivity (Wildman–Crippen MR) is 81.0 cm³/mol. The summed E-state index contributed by atoms with van der Waals surface area (Å²) in [4.78, 5) is 7.51. The highest BCUT2D eigenvalue weighted by atomic mass is 19.1. The molecule has 22 heavy (non-hydrogen) atoms. The van der Waals surface area contributed by atoms with E-state index in [4.69, 9.17) is 21.9 Å². The number of hydrogen-bond acceptors (Lipinski definition) is 3. The van der Waals surface area contributed by atoms with Gasteiger partial charge < -0.3 is 21.9 Å². The maximum atomic E-state index is 13.4. The summed E-state index contributed by atoms with van der Waals surface area (Å²) in [5.41, 5.74) is 16.9. The standard InChI is InChI=1S/C13H16FN7O/c1-21-5-4-9(20-21)7-22-11-3-2-8(14)6-10(11)18-13(17)19-12(15)16/h2-6H,7H2,1H3,(H6,15,16,17,18,19). The summed E-state index contributed by atoms with van der Waals surface area (Å²) >= 11 is 0. The van der Waals surface area contributed by atoms with Crippen LogP contribution in [0.1, 0.15) is 5.69 Å². The van der Waals surface area contributed by atoms with Gasteiger partial charge in [0.25, 0.3) is 0 Å². The summed E-state index contributed by atoms with van der Waals surface area (Å²) in [6.07, 6.45) is 1.79. The van der Waals surface area contributed by atoms with E-state index in [1.807, 2.05) is 0 Å². The van der Waals surface area contributed by atoms with Gasteiger partial charge in [0.05, 0.1) is 5.69 Å². The monoisotopic (exact) mass is 305 g/mol. The lowest BCUT2D eigenvalue weighted by Gasteiger charge is -2.08. The lowest BCUT2D eigenvalue weighted by molar-refractivity contribution is 0.301. The Hall–Kier alpha value is -3.10. The number of halogens is 1. The van der Waals surface area contributed by atoms with Gasteiger partial charge in [-0.2, -0.15) is 10.1 Å². The number of nitrogens with two attached hydrogens (primary N) is 3. The summed E-state index contributed by atoms with van der Waals surface area (Å²) in [7, 11) is 1.80. The SMILES string of the molecule is Cn1ccc(COc2ccc(F)cc2N=C(N)N=C(N)N)n1. The minimum atomic E-state index is -0.485. The van der Waals surface area contributed by atoms with Crippen LogP contribution in [0.15, 0.2) is 40.4 Å². The average molecular weight is 305 g/mol. The van der Waals surface area contributed by atoms with Crippen LogP contribution in [0, 0.1) is 5.82 Å². The second-order valence-electron chi connectivity index (χ2n) is 4.39. The molecular formula is C13H16FN7O. The normalized spacial score (nSPS) is 11.3. The Balaban J connectivity index is 2.22. The predicted octanol–water partition coefficient (Wildman–Crippen LogP) is 0.358. The van der Waals surface area contributed by atoms with Gasteiger partial charge in [-0.05, 0) is 18.2 Å². The molecule has 1 aromatic carbocycles. The molecule has 0 radical (unpaired) electrons. The van der Waals surface area contributed by atoms with E-state index < -0.39 is 5.82 Å². The molecule has 9 heteroatoms. The Morgan fingerprint density at radius 1 is 1.32 bits per heavy atom. The molecule has 0 unspecified atom stereocenters. The van der Waals surface area contributed by atoms with Gasteiger partial charge in [-0.15, -0.1) is 0 Å². The molecule has 0 aliphatic rings. The summed E-state index contributed by atoms with van der Waals surface area (Å²) < 4.78 is 20.6. The number of aryl methyl sites for hydroxylation is 1. The molecule has 2 rings (SSSR count). The first-order valence-corrected chi connectivity index (χ1v) is 6.28. The van der Waals surface area contributed by atoms with Crippen LogP contribution in [0.2, 0.25) is 0 Å². The third-order valence-electron chi connectivity index (χ3n) is 2.54. The molecule has 2 aromatic rings. The molecule has 0 spiro atoms. The van der Waals surface area contributed by atoms with Gasteiger partial charge in [0.1, 0.15) is 23.9 Å². The molecule has 0 atom stereocenters. The van der Waals surface area contributed by atoms with Crippen LogP contribution < -0.4 is 21.9 Å². The van der Waals surface area contributed by atoms with Gasteiger partial charge in [0, 0.05) is 19.3 Å². The first-order chi connectivity index (χ1) is 10.4. The Bertz CT molecular complexity index is 719. The summed E-state index contributed by atoms with van der Waals surface area (Å²) in [5, 5.41) is 4.18. The van der Waals surface area contributed by atoms with E-state index in [1.165, 1.54) is 18.2 Å². The van der Waals surface area contributed by atoms with Crippen LogP contribution in [0.25, 0.3) is 0 Å². The molecule has 6 N–H and O–H groups in total. The average Bonchev–Trinajstić information content (AvgIpc) is 2.82. The minimum Gasteiger partial charge on any atom is -0.485 e. The number of rotatable bonds is 4. The van der Waals surface area contributed by atoms with Crippen LogP contribution in [0.4, 0.5) is 10.1 Å². The summed E-state index contributed by atoms with van der Waals surface area (Å²) in [6, 6.07) is 5.67. The van der Waals surface area contributed by atoms with Gasteiger partial charge >= 0.3 is 0 Å². The molecule has 8 nitrogen and oxygen atoms in total. The van der Waals surface area contributed by atoms with Gasteiger partial charge in [0.15, 0.2) is 5.96 Å². The highest BCUT2D eigenvalue weighted by molar-refractivity contribution is 5.93. The van der Waals surface area contributed by atoms with E-state index in [1.54, 1.807) is 24.0 Å². The fourth-order valence-electron chi connectivity index (χ4n) is 1.67. The van der Waals surface area contributed by atoms with Gasteiger partial charge in [-0.1, -0.05) is 0 Å². The molecule has 1 aromatic heterocycles. The number of aromatic nitrogens is 2. The second kappa shape index (κ2) is 6.57. The van der Waals surface area contributed by atoms with Crippen LogP contribution in [0.5, 0.6) is 5.75 Å². The largest absolute Gasteiger partial charge is 0.485 e. The number of guanidine groups is 2. The Kier molecular flexibility index (Phi) is 4.57. The third-order valence-corrected chi connectivity index (χ3v) is 2.54. The highest BCUT2D eigenvalue weighted by Gasteiger charge is 2.07. The summed E-state index contributed by atoms with van der Waals surface area (Å²) in [5.74, 6) is -0.593. The quantitative estimate of drug-likeness (QED) is 0.554. The molecular weight excluding hydrogens is 289 g/mol. The van der Waals surface area contributed by atoms with Crippen molar-refractivity contribution < 1.29 is 9.13 Å². The molecule has 116 valence electrons. The zero-order valence-corrected chi connectivity index (χ0v) is 11.9. The summed E-state index contributed by atoms with van der Waals surface area (Å²) in [6.45, 7) is 0.206. The zero-order chi connectivity index (χ0) is 16.1. The van der Waals surface area contributed by atoms with Gasteiger partial charge in [0.2, 0.25) is 5.96 Å². The van der Waals surface area contributed by atoms with Gasteiger partial charge in [-0.25, -0.2) is 9.38 Å². The first kappa shape index (κ1) is 15.3. The maximum Gasteiger partial charge on any atom is 0.223 e. The minimum absolute atomic E-state index is 0.179. The van der Waals surface area contributed by atoms with Crippen molar-refractivity contribution in [2.24, 2.45) is 34.2 Å². The van der Waals surface area contributed by atoms with E-state index in [0.717, 1.165) is 5.69 Å². The molecule has 0 aliphatic carbocycles. The molecule has 1 heterocycles. The fourth-order valence-corrected chi connectivity index (χ4v) is 1.67. The highest BCUT2D eigenvalue weighted by Crippen LogP contribution is 2.29. The van der Waals surface area contributed by atoms with Crippen LogP contribution in [-0.2, 0) is 13.7 Å². The van der Waals surface area contributed by atoms with Crippen molar-refractivity contribution in [3.63, 3.8) is 0 Å².